The molecule has 0 aromatic heterocycles. The molecule has 1 aromatic carbocycles. The Morgan fingerprint density at radius 1 is 1.11 bits per heavy atom. The van der Waals surface area contributed by atoms with Gasteiger partial charge in [0.2, 0.25) is 0 Å². The van der Waals surface area contributed by atoms with E-state index in [2.05, 4.69) is 18.4 Å². The first-order valence-electron chi connectivity index (χ1n) is 6.35. The molecule has 1 N–H and O–H groups in total. The molecule has 0 aliphatic carbocycles. The molecule has 0 radical (unpaired) electrons. The average Bonchev–Trinajstić information content (AvgIpc) is 2.30. The number of hydrogen-bond donors (Lipinski definition) is 1. The van der Waals surface area contributed by atoms with Gasteiger partial charge < -0.3 is 10.2 Å². The third kappa shape index (κ3) is 2.66. The van der Waals surface area contributed by atoms with Gasteiger partial charge in [0.1, 0.15) is 5.69 Å². The zero-order valence-corrected chi connectivity index (χ0v) is 12.2. The van der Waals surface area contributed by atoms with Gasteiger partial charge >= 0.3 is 0 Å². The fourth-order valence-electron chi connectivity index (χ4n) is 2.35. The van der Waals surface area contributed by atoms with Gasteiger partial charge in [-0.15, -0.1) is 0 Å². The largest absolute Gasteiger partial charge is 0.388 e. The second kappa shape index (κ2) is 4.88. The maximum atomic E-state index is 14.0. The Labute approximate surface area is 108 Å². The Morgan fingerprint density at radius 3 is 2.06 bits per heavy atom. The molecule has 0 spiro atoms. The van der Waals surface area contributed by atoms with E-state index >= 15 is 0 Å². The smallest absolute Gasteiger partial charge is 0.151 e. The van der Waals surface area contributed by atoms with Gasteiger partial charge in [-0.1, -0.05) is 13.1 Å². The van der Waals surface area contributed by atoms with Crippen molar-refractivity contribution in [2.45, 2.75) is 25.2 Å². The number of rotatable bonds is 2. The third-order valence-electron chi connectivity index (χ3n) is 3.74. The molecule has 0 amide bonds. The van der Waals surface area contributed by atoms with E-state index in [1.807, 2.05) is 4.90 Å². The molecule has 0 saturated carbocycles. The van der Waals surface area contributed by atoms with Gasteiger partial charge in [-0.05, 0) is 24.2 Å². The van der Waals surface area contributed by atoms with Gasteiger partial charge in [0.05, 0.1) is 8.07 Å². The lowest BCUT2D eigenvalue weighted by Crippen LogP contribution is -2.43. The number of halogens is 2. The summed E-state index contributed by atoms with van der Waals surface area (Å²) >= 11 is 0. The molecular formula is C13H20F2N2Si. The summed E-state index contributed by atoms with van der Waals surface area (Å²) in [6, 6.07) is 4.91. The summed E-state index contributed by atoms with van der Waals surface area (Å²) in [5.41, 5.74) is 0.610. The van der Waals surface area contributed by atoms with E-state index in [0.29, 0.717) is 5.69 Å². The van der Waals surface area contributed by atoms with Gasteiger partial charge in [-0.3, -0.25) is 0 Å². The van der Waals surface area contributed by atoms with E-state index in [1.165, 1.54) is 12.1 Å². The van der Waals surface area contributed by atoms with Crippen LogP contribution in [0.25, 0.3) is 0 Å². The molecule has 0 unspecified atom stereocenters. The van der Waals surface area contributed by atoms with E-state index in [1.54, 1.807) is 7.05 Å². The predicted octanol–water partition coefficient (Wildman–Crippen LogP) is 3.53. The molecule has 100 valence electrons. The van der Waals surface area contributed by atoms with E-state index in [0.717, 1.165) is 25.2 Å². The molecule has 1 aliphatic heterocycles. The van der Waals surface area contributed by atoms with Crippen molar-refractivity contribution < 1.29 is 8.78 Å². The topological polar surface area (TPSA) is 15.3 Å². The molecule has 18 heavy (non-hydrogen) atoms. The second-order valence-corrected chi connectivity index (χ2v) is 11.0. The summed E-state index contributed by atoms with van der Waals surface area (Å²) in [5, 5.41) is 2.76. The van der Waals surface area contributed by atoms with E-state index in [4.69, 9.17) is 0 Å². The highest BCUT2D eigenvalue weighted by molar-refractivity contribution is 6.77. The number of hydrogen-bond acceptors (Lipinski definition) is 2. The molecule has 0 bridgehead atoms. The van der Waals surface area contributed by atoms with Crippen molar-refractivity contribution in [2.24, 2.45) is 0 Å². The summed E-state index contributed by atoms with van der Waals surface area (Å²) in [7, 11) is 0.539. The van der Waals surface area contributed by atoms with Crippen LogP contribution in [-0.4, -0.2) is 28.2 Å². The molecule has 1 aromatic rings. The van der Waals surface area contributed by atoms with E-state index < -0.39 is 19.7 Å². The highest BCUT2D eigenvalue weighted by Crippen LogP contribution is 2.31. The molecule has 1 fully saturated rings. The van der Waals surface area contributed by atoms with Gasteiger partial charge in [0, 0.05) is 25.8 Å². The molecule has 2 nitrogen and oxygen atoms in total. The van der Waals surface area contributed by atoms with Crippen LogP contribution in [0.15, 0.2) is 12.1 Å². The highest BCUT2D eigenvalue weighted by Gasteiger charge is 2.29. The summed E-state index contributed by atoms with van der Waals surface area (Å²) < 4.78 is 27.9. The minimum atomic E-state index is -1.12. The van der Waals surface area contributed by atoms with Crippen LogP contribution in [0.5, 0.6) is 0 Å². The van der Waals surface area contributed by atoms with Crippen LogP contribution in [0.2, 0.25) is 25.2 Å². The summed E-state index contributed by atoms with van der Waals surface area (Å²) in [4.78, 5) is 1.85. The molecule has 0 atom stereocenters. The number of benzene rings is 1. The summed E-state index contributed by atoms with van der Waals surface area (Å²) in [6.45, 7) is 6.21. The standard InChI is InChI=1S/C13H20F2N2Si/c1-16-10-8-11(14)13(12(15)9-10)17-4-6-18(2,3)7-5-17/h8-9,16H,4-7H2,1-3H3. The van der Waals surface area contributed by atoms with E-state index in [-0.39, 0.29) is 5.69 Å². The molecule has 2 rings (SSSR count). The van der Waals surface area contributed by atoms with Crippen molar-refractivity contribution in [3.63, 3.8) is 0 Å². The maximum absolute atomic E-state index is 14.0. The van der Waals surface area contributed by atoms with Crippen LogP contribution in [0.4, 0.5) is 20.2 Å². The second-order valence-electron chi connectivity index (χ2n) is 5.69. The number of nitrogens with zero attached hydrogens (tertiary/aromatic N) is 1. The lowest BCUT2D eigenvalue weighted by molar-refractivity contribution is 0.572. The normalized spacial score (nSPS) is 18.8. The third-order valence-corrected chi connectivity index (χ3v) is 6.89. The Balaban J connectivity index is 2.24. The van der Waals surface area contributed by atoms with Crippen molar-refractivity contribution in [1.29, 1.82) is 0 Å². The lowest BCUT2D eigenvalue weighted by atomic mass is 10.2. The molecule has 1 heterocycles. The van der Waals surface area contributed by atoms with Gasteiger partial charge in [-0.2, -0.15) is 0 Å². The van der Waals surface area contributed by atoms with Crippen molar-refractivity contribution in [1.82, 2.24) is 0 Å². The number of anilines is 2. The van der Waals surface area contributed by atoms with Crippen molar-refractivity contribution >= 4 is 19.4 Å². The zero-order valence-electron chi connectivity index (χ0n) is 11.2. The minimum absolute atomic E-state index is 0.137. The highest BCUT2D eigenvalue weighted by atomic mass is 28.3. The Morgan fingerprint density at radius 2 is 1.61 bits per heavy atom. The van der Waals surface area contributed by atoms with Crippen LogP contribution in [0.1, 0.15) is 0 Å². The van der Waals surface area contributed by atoms with Gasteiger partial charge in [-0.25, -0.2) is 8.78 Å². The molecule has 5 heteroatoms. The van der Waals surface area contributed by atoms with Crippen LogP contribution in [-0.2, 0) is 0 Å². The van der Waals surface area contributed by atoms with Crippen molar-refractivity contribution in [3.8, 4) is 0 Å². The predicted molar refractivity (Wildman–Crippen MR) is 75.2 cm³/mol. The first-order chi connectivity index (χ1) is 8.43. The Kier molecular flexibility index (Phi) is 3.61. The van der Waals surface area contributed by atoms with Gasteiger partial charge in [0.15, 0.2) is 11.6 Å². The number of nitrogens with one attached hydrogen (secondary N) is 1. The first-order valence-corrected chi connectivity index (χ1v) is 9.76. The molecular weight excluding hydrogens is 250 g/mol. The summed E-state index contributed by atoms with van der Waals surface area (Å²) in [5.74, 6) is -0.943. The fraction of sp³-hybridized carbons (Fsp3) is 0.538. The van der Waals surface area contributed by atoms with Gasteiger partial charge in [0.25, 0.3) is 0 Å². The molecule has 1 aliphatic rings. The van der Waals surface area contributed by atoms with Crippen molar-refractivity contribution in [3.05, 3.63) is 23.8 Å². The SMILES string of the molecule is CNc1cc(F)c(N2CC[Si](C)(C)CC2)c(F)c1. The Hall–Kier alpha value is -1.10. The van der Waals surface area contributed by atoms with Crippen LogP contribution >= 0.6 is 0 Å². The van der Waals surface area contributed by atoms with Crippen LogP contribution in [0.3, 0.4) is 0 Å². The van der Waals surface area contributed by atoms with Crippen molar-refractivity contribution in [2.75, 3.05) is 30.4 Å². The monoisotopic (exact) mass is 270 g/mol. The average molecular weight is 270 g/mol. The van der Waals surface area contributed by atoms with Crippen LogP contribution < -0.4 is 10.2 Å². The van der Waals surface area contributed by atoms with Crippen LogP contribution in [0, 0.1) is 11.6 Å². The maximum Gasteiger partial charge on any atom is 0.151 e. The quantitative estimate of drug-likeness (QED) is 0.827. The fourth-order valence-corrected chi connectivity index (χ4v) is 4.35. The molecule has 1 saturated heterocycles. The Bertz CT molecular complexity index is 416. The van der Waals surface area contributed by atoms with E-state index in [9.17, 15) is 8.78 Å². The minimum Gasteiger partial charge on any atom is -0.388 e. The summed E-state index contributed by atoms with van der Waals surface area (Å²) in [6.07, 6.45) is 0. The first kappa shape index (κ1) is 13.3. The zero-order chi connectivity index (χ0) is 13.3. The lowest BCUT2D eigenvalue weighted by Gasteiger charge is -2.37.